The first-order valence-corrected chi connectivity index (χ1v) is 9.93. The first-order valence-electron chi connectivity index (χ1n) is 9.55. The molecule has 28 heavy (non-hydrogen) atoms. The number of piperazine rings is 1. The summed E-state index contributed by atoms with van der Waals surface area (Å²) in [5.41, 5.74) is -0.0303. The molecule has 10 heteroatoms. The van der Waals surface area contributed by atoms with Crippen LogP contribution in [0.1, 0.15) is 32.6 Å². The van der Waals surface area contributed by atoms with Crippen LogP contribution in [0.5, 0.6) is 0 Å². The van der Waals surface area contributed by atoms with Gasteiger partial charge in [-0.05, 0) is 32.1 Å². The number of aromatic nitrogens is 2. The zero-order valence-corrected chi connectivity index (χ0v) is 16.4. The maximum absolute atomic E-state index is 12.8. The zero-order chi connectivity index (χ0) is 19.9. The smallest absolute Gasteiger partial charge is 0.322 e. The largest absolute Gasteiger partial charge is 0.364 e. The molecular formula is C18H23ClN6O3. The molecular weight excluding hydrogens is 384 g/mol. The van der Waals surface area contributed by atoms with Gasteiger partial charge in [0.25, 0.3) is 5.91 Å². The van der Waals surface area contributed by atoms with Crippen LogP contribution in [-0.2, 0) is 9.59 Å². The SMILES string of the molecule is C[C@H]1CN(C(=O)CCC2(C3CC3)NC(=O)NC2=O)CCN1c1cnnc(Cl)c1. The van der Waals surface area contributed by atoms with Gasteiger partial charge in [0.2, 0.25) is 5.91 Å². The van der Waals surface area contributed by atoms with Crippen LogP contribution in [0.4, 0.5) is 10.5 Å². The molecule has 3 heterocycles. The van der Waals surface area contributed by atoms with Crippen molar-refractivity contribution in [3.05, 3.63) is 17.4 Å². The second-order valence-electron chi connectivity index (χ2n) is 7.77. The number of hydrogen-bond acceptors (Lipinski definition) is 6. The summed E-state index contributed by atoms with van der Waals surface area (Å²) in [6.45, 7) is 3.87. The van der Waals surface area contributed by atoms with Gasteiger partial charge >= 0.3 is 6.03 Å². The lowest BCUT2D eigenvalue weighted by Crippen LogP contribution is -2.54. The molecule has 1 aliphatic carbocycles. The van der Waals surface area contributed by atoms with Crippen LogP contribution in [0.25, 0.3) is 0 Å². The molecule has 1 aromatic heterocycles. The molecule has 3 aliphatic rings. The molecule has 150 valence electrons. The quantitative estimate of drug-likeness (QED) is 0.704. The molecule has 2 atom stereocenters. The summed E-state index contributed by atoms with van der Waals surface area (Å²) in [7, 11) is 0. The van der Waals surface area contributed by atoms with Crippen molar-refractivity contribution < 1.29 is 14.4 Å². The van der Waals surface area contributed by atoms with Crippen molar-refractivity contribution in [3.8, 4) is 0 Å². The summed E-state index contributed by atoms with van der Waals surface area (Å²) in [6, 6.07) is 1.41. The highest BCUT2D eigenvalue weighted by atomic mass is 35.5. The third kappa shape index (κ3) is 3.50. The number of nitrogens with one attached hydrogen (secondary N) is 2. The molecule has 4 amide bonds. The van der Waals surface area contributed by atoms with E-state index in [-0.39, 0.29) is 30.2 Å². The topological polar surface area (TPSA) is 108 Å². The number of halogens is 1. The minimum atomic E-state index is -0.917. The fraction of sp³-hybridized carbons (Fsp3) is 0.611. The van der Waals surface area contributed by atoms with Gasteiger partial charge in [0.1, 0.15) is 5.54 Å². The number of anilines is 1. The van der Waals surface area contributed by atoms with E-state index < -0.39 is 11.6 Å². The highest BCUT2D eigenvalue weighted by Crippen LogP contribution is 2.43. The first kappa shape index (κ1) is 18.9. The molecule has 2 aliphatic heterocycles. The van der Waals surface area contributed by atoms with E-state index >= 15 is 0 Å². The molecule has 2 N–H and O–H groups in total. The molecule has 1 unspecified atom stereocenters. The van der Waals surface area contributed by atoms with Gasteiger partial charge in [-0.25, -0.2) is 4.79 Å². The fourth-order valence-corrected chi connectivity index (χ4v) is 4.42. The van der Waals surface area contributed by atoms with Crippen molar-refractivity contribution >= 4 is 35.1 Å². The molecule has 2 saturated heterocycles. The molecule has 0 bridgehead atoms. The van der Waals surface area contributed by atoms with Crippen molar-refractivity contribution in [1.29, 1.82) is 0 Å². The second-order valence-corrected chi connectivity index (χ2v) is 8.16. The Kier molecular flexibility index (Phi) is 4.86. The van der Waals surface area contributed by atoms with Crippen LogP contribution in [0.15, 0.2) is 12.3 Å². The fourth-order valence-electron chi connectivity index (χ4n) is 4.27. The molecule has 9 nitrogen and oxygen atoms in total. The average Bonchev–Trinajstić information content (AvgIpc) is 3.46. The molecule has 0 spiro atoms. The lowest BCUT2D eigenvalue weighted by atomic mass is 9.87. The molecule has 1 aromatic rings. The Morgan fingerprint density at radius 2 is 2.14 bits per heavy atom. The summed E-state index contributed by atoms with van der Waals surface area (Å²) in [6.07, 6.45) is 4.05. The number of carbonyl (C=O) groups is 3. The summed E-state index contributed by atoms with van der Waals surface area (Å²) >= 11 is 5.93. The number of rotatable bonds is 5. The van der Waals surface area contributed by atoms with E-state index in [9.17, 15) is 14.4 Å². The third-order valence-electron chi connectivity index (χ3n) is 5.90. The number of nitrogens with zero attached hydrogens (tertiary/aromatic N) is 4. The van der Waals surface area contributed by atoms with E-state index in [1.807, 2.05) is 11.8 Å². The molecule has 0 radical (unpaired) electrons. The highest BCUT2D eigenvalue weighted by Gasteiger charge is 2.55. The van der Waals surface area contributed by atoms with Crippen LogP contribution < -0.4 is 15.5 Å². The van der Waals surface area contributed by atoms with E-state index in [2.05, 4.69) is 25.7 Å². The maximum Gasteiger partial charge on any atom is 0.322 e. The summed E-state index contributed by atoms with van der Waals surface area (Å²) < 4.78 is 0. The predicted octanol–water partition coefficient (Wildman–Crippen LogP) is 0.936. The molecule has 4 rings (SSSR count). The summed E-state index contributed by atoms with van der Waals surface area (Å²) in [5.74, 6) is -0.161. The number of urea groups is 1. The summed E-state index contributed by atoms with van der Waals surface area (Å²) in [5, 5.41) is 13.1. The Hall–Kier alpha value is -2.42. The minimum Gasteiger partial charge on any atom is -0.364 e. The van der Waals surface area contributed by atoms with Gasteiger partial charge in [0.15, 0.2) is 5.15 Å². The standard InChI is InChI=1S/C18H23ClN6O3/c1-11-10-24(6-7-25(11)13-8-14(19)23-20-9-13)15(26)4-5-18(12-2-3-12)16(27)21-17(28)22-18/h8-9,11-12H,2-7,10H2,1H3,(H2,21,22,27,28)/t11-,18?/m0/s1. The van der Waals surface area contributed by atoms with E-state index in [1.54, 1.807) is 12.3 Å². The van der Waals surface area contributed by atoms with Crippen molar-refractivity contribution in [3.63, 3.8) is 0 Å². The van der Waals surface area contributed by atoms with E-state index in [1.165, 1.54) is 0 Å². The Labute approximate surface area is 167 Å². The van der Waals surface area contributed by atoms with Gasteiger partial charge in [-0.1, -0.05) is 11.6 Å². The van der Waals surface area contributed by atoms with Gasteiger partial charge in [-0.15, -0.1) is 5.10 Å². The Morgan fingerprint density at radius 3 is 2.75 bits per heavy atom. The predicted molar refractivity (Wildman–Crippen MR) is 102 cm³/mol. The maximum atomic E-state index is 12.8. The van der Waals surface area contributed by atoms with Crippen LogP contribution in [0.3, 0.4) is 0 Å². The van der Waals surface area contributed by atoms with Crippen molar-refractivity contribution in [2.75, 3.05) is 24.5 Å². The third-order valence-corrected chi connectivity index (χ3v) is 6.08. The summed E-state index contributed by atoms with van der Waals surface area (Å²) in [4.78, 5) is 40.7. The highest BCUT2D eigenvalue weighted by molar-refractivity contribution is 6.29. The van der Waals surface area contributed by atoms with Crippen LogP contribution in [0, 0.1) is 5.92 Å². The number of carbonyl (C=O) groups excluding carboxylic acids is 3. The number of amides is 4. The Balaban J connectivity index is 1.36. The van der Waals surface area contributed by atoms with E-state index in [0.29, 0.717) is 31.2 Å². The van der Waals surface area contributed by atoms with Crippen LogP contribution >= 0.6 is 11.6 Å². The van der Waals surface area contributed by atoms with Crippen molar-refractivity contribution in [1.82, 2.24) is 25.7 Å². The number of imide groups is 1. The van der Waals surface area contributed by atoms with Gasteiger partial charge < -0.3 is 15.1 Å². The normalized spacial score (nSPS) is 27.6. The molecule has 0 aromatic carbocycles. The van der Waals surface area contributed by atoms with Gasteiger partial charge in [0.05, 0.1) is 11.9 Å². The van der Waals surface area contributed by atoms with Gasteiger partial charge in [-0.3, -0.25) is 14.9 Å². The lowest BCUT2D eigenvalue weighted by molar-refractivity contribution is -0.133. The minimum absolute atomic E-state index is 0.00589. The van der Waals surface area contributed by atoms with Crippen LogP contribution in [-0.4, -0.2) is 64.2 Å². The zero-order valence-electron chi connectivity index (χ0n) is 15.7. The molecule has 3 fully saturated rings. The van der Waals surface area contributed by atoms with E-state index in [0.717, 1.165) is 18.5 Å². The van der Waals surface area contributed by atoms with Crippen molar-refractivity contribution in [2.45, 2.75) is 44.2 Å². The van der Waals surface area contributed by atoms with Gasteiger partial charge in [0, 0.05) is 38.2 Å². The van der Waals surface area contributed by atoms with Crippen LogP contribution in [0.2, 0.25) is 5.15 Å². The second kappa shape index (κ2) is 7.20. The lowest BCUT2D eigenvalue weighted by Gasteiger charge is -2.41. The number of hydrogen-bond donors (Lipinski definition) is 2. The average molecular weight is 407 g/mol. The Bertz CT molecular complexity index is 816. The van der Waals surface area contributed by atoms with E-state index in [4.69, 9.17) is 11.6 Å². The monoisotopic (exact) mass is 406 g/mol. The molecule has 1 saturated carbocycles. The Morgan fingerprint density at radius 1 is 1.36 bits per heavy atom. The first-order chi connectivity index (χ1) is 13.4. The van der Waals surface area contributed by atoms with Gasteiger partial charge in [-0.2, -0.15) is 5.10 Å². The van der Waals surface area contributed by atoms with Crippen molar-refractivity contribution in [2.24, 2.45) is 5.92 Å².